The summed E-state index contributed by atoms with van der Waals surface area (Å²) in [4.78, 5) is 16.5. The fourth-order valence-corrected chi connectivity index (χ4v) is 10.0. The molecule has 0 aliphatic carbocycles. The van der Waals surface area contributed by atoms with Gasteiger partial charge in [0.1, 0.15) is 5.65 Å². The predicted octanol–water partition coefficient (Wildman–Crippen LogP) is 6.50. The van der Waals surface area contributed by atoms with Gasteiger partial charge in [-0.3, -0.25) is 4.79 Å². The lowest BCUT2D eigenvalue weighted by atomic mass is 10.1. The van der Waals surface area contributed by atoms with Crippen LogP contribution >= 0.6 is 11.6 Å². The maximum absolute atomic E-state index is 14.0. The summed E-state index contributed by atoms with van der Waals surface area (Å²) in [6, 6.07) is 23.8. The Morgan fingerprint density at radius 1 is 0.973 bits per heavy atom. The van der Waals surface area contributed by atoms with Crippen molar-refractivity contribution in [3.05, 3.63) is 100 Å². The van der Waals surface area contributed by atoms with Crippen LogP contribution in [0.15, 0.2) is 83.8 Å². The highest BCUT2D eigenvalue weighted by Crippen LogP contribution is 2.38. The zero-order valence-electron chi connectivity index (χ0n) is 22.0. The summed E-state index contributed by atoms with van der Waals surface area (Å²) in [5, 5.41) is 2.40. The van der Waals surface area contributed by atoms with Crippen molar-refractivity contribution in [1.29, 1.82) is 0 Å². The Kier molecular flexibility index (Phi) is 8.02. The Morgan fingerprint density at radius 2 is 1.54 bits per heavy atom. The Bertz CT molecular complexity index is 1380. The normalized spacial score (nSPS) is 14.0. The van der Waals surface area contributed by atoms with Crippen LogP contribution in [0.3, 0.4) is 0 Å². The van der Waals surface area contributed by atoms with Crippen molar-refractivity contribution in [2.24, 2.45) is 0 Å². The second-order valence-corrected chi connectivity index (χ2v) is 15.3. The fourth-order valence-electron chi connectivity index (χ4n) is 5.17. The maximum atomic E-state index is 14.0. The topological polar surface area (TPSA) is 44.1 Å². The summed E-state index contributed by atoms with van der Waals surface area (Å²) < 4.78 is 23.1. The van der Waals surface area contributed by atoms with E-state index >= 15 is 0 Å². The van der Waals surface area contributed by atoms with E-state index in [4.69, 9.17) is 16.0 Å². The fraction of sp³-hybridized carbons (Fsp3) is 0.333. The minimum absolute atomic E-state index is 0.00216. The largest absolute Gasteiger partial charge is 0.405 e. The van der Waals surface area contributed by atoms with Crippen molar-refractivity contribution in [2.45, 2.75) is 64.6 Å². The number of pyridine rings is 2. The molecule has 4 nitrogen and oxygen atoms in total. The molecule has 0 amide bonds. The van der Waals surface area contributed by atoms with Crippen molar-refractivity contribution in [3.8, 4) is 0 Å². The smallest absolute Gasteiger partial charge is 0.261 e. The average Bonchev–Trinajstić information content (AvgIpc) is 2.87. The summed E-state index contributed by atoms with van der Waals surface area (Å²) in [5.41, 5.74) is 0.122. The first-order valence-electron chi connectivity index (χ1n) is 12.7. The van der Waals surface area contributed by atoms with Crippen LogP contribution in [0.5, 0.6) is 0 Å². The molecule has 4 aromatic rings. The van der Waals surface area contributed by atoms with Gasteiger partial charge in [0.15, 0.2) is 16.4 Å². The van der Waals surface area contributed by atoms with Gasteiger partial charge in [0.25, 0.3) is 8.32 Å². The van der Waals surface area contributed by atoms with Gasteiger partial charge in [0.2, 0.25) is 0 Å². The number of halogens is 2. The van der Waals surface area contributed by atoms with Crippen LogP contribution in [0, 0.1) is 5.82 Å². The molecule has 2 heterocycles. The average molecular weight is 537 g/mol. The Labute approximate surface area is 224 Å². The van der Waals surface area contributed by atoms with Crippen LogP contribution < -0.4 is 15.8 Å². The van der Waals surface area contributed by atoms with Crippen LogP contribution in [-0.2, 0) is 4.43 Å². The molecule has 0 spiro atoms. The summed E-state index contributed by atoms with van der Waals surface area (Å²) in [6.07, 6.45) is 3.28. The molecule has 0 N–H and O–H groups in total. The van der Waals surface area contributed by atoms with E-state index < -0.39 is 14.1 Å². The number of aromatic nitrogens is 2. The molecule has 0 saturated carbocycles. The van der Waals surface area contributed by atoms with E-state index in [1.54, 1.807) is 6.20 Å². The summed E-state index contributed by atoms with van der Waals surface area (Å²) in [6.45, 7) is 11.0. The number of hydrogen-bond acceptors (Lipinski definition) is 3. The van der Waals surface area contributed by atoms with Gasteiger partial charge >= 0.3 is 0 Å². The molecule has 0 radical (unpaired) electrons. The second-order valence-electron chi connectivity index (χ2n) is 10.7. The van der Waals surface area contributed by atoms with Gasteiger partial charge in [-0.05, 0) is 48.2 Å². The van der Waals surface area contributed by atoms with Crippen LogP contribution in [0.2, 0.25) is 10.2 Å². The third kappa shape index (κ3) is 5.42. The van der Waals surface area contributed by atoms with Gasteiger partial charge in [-0.1, -0.05) is 93.0 Å². The van der Waals surface area contributed by atoms with Crippen LogP contribution in [0.25, 0.3) is 11.0 Å². The van der Waals surface area contributed by atoms with Crippen molar-refractivity contribution < 1.29 is 8.82 Å². The highest BCUT2D eigenvalue weighted by atomic mass is 35.5. The predicted molar refractivity (Wildman–Crippen MR) is 153 cm³/mol. The van der Waals surface area contributed by atoms with Crippen molar-refractivity contribution in [1.82, 2.24) is 9.55 Å². The lowest BCUT2D eigenvalue weighted by Crippen LogP contribution is -2.67. The van der Waals surface area contributed by atoms with E-state index in [1.807, 2.05) is 16.7 Å². The number of benzene rings is 2. The van der Waals surface area contributed by atoms with Crippen molar-refractivity contribution in [2.75, 3.05) is 0 Å². The molecule has 0 bridgehead atoms. The standard InChI is InChI=1S/C30H34ClFN2O2Si/c1-21(34-19-18-27(35)25-20-26(32)28(31)33-29(25)34)16-17-22(2)36-37(30(3,4)5,23-12-8-6-9-13-23)24-14-10-7-11-15-24/h6-15,18-22H,16-17H2,1-5H3/t21-,22-/m0/s1. The number of fused-ring (bicyclic) bond motifs is 1. The van der Waals surface area contributed by atoms with Gasteiger partial charge in [-0.25, -0.2) is 9.37 Å². The molecule has 0 aliphatic rings. The lowest BCUT2D eigenvalue weighted by molar-refractivity contribution is 0.187. The van der Waals surface area contributed by atoms with E-state index in [2.05, 4.69) is 88.1 Å². The summed E-state index contributed by atoms with van der Waals surface area (Å²) in [5.74, 6) is -0.691. The van der Waals surface area contributed by atoms with Gasteiger partial charge in [0, 0.05) is 24.4 Å². The minimum atomic E-state index is -2.65. The van der Waals surface area contributed by atoms with E-state index in [9.17, 15) is 9.18 Å². The van der Waals surface area contributed by atoms with Crippen LogP contribution in [0.4, 0.5) is 4.39 Å². The molecule has 7 heteroatoms. The third-order valence-corrected chi connectivity index (χ3v) is 12.5. The van der Waals surface area contributed by atoms with E-state index in [-0.39, 0.29) is 33.2 Å². The third-order valence-electron chi connectivity index (χ3n) is 7.07. The molecule has 0 aliphatic heterocycles. The zero-order valence-corrected chi connectivity index (χ0v) is 23.8. The number of hydrogen-bond donors (Lipinski definition) is 0. The highest BCUT2D eigenvalue weighted by molar-refractivity contribution is 6.99. The van der Waals surface area contributed by atoms with Gasteiger partial charge in [0.05, 0.1) is 5.39 Å². The number of rotatable bonds is 8. The Morgan fingerprint density at radius 3 is 2.08 bits per heavy atom. The molecule has 194 valence electrons. The molecular formula is C30H34ClFN2O2Si. The molecule has 2 atom stereocenters. The molecule has 37 heavy (non-hydrogen) atoms. The van der Waals surface area contributed by atoms with E-state index in [1.165, 1.54) is 22.5 Å². The molecule has 2 aromatic carbocycles. The van der Waals surface area contributed by atoms with Crippen LogP contribution in [0.1, 0.15) is 53.5 Å². The van der Waals surface area contributed by atoms with Gasteiger partial charge in [-0.15, -0.1) is 0 Å². The summed E-state index contributed by atoms with van der Waals surface area (Å²) in [7, 11) is -2.65. The molecule has 4 rings (SSSR count). The minimum Gasteiger partial charge on any atom is -0.405 e. The molecule has 0 saturated heterocycles. The second kappa shape index (κ2) is 10.9. The molecular weight excluding hydrogens is 503 g/mol. The maximum Gasteiger partial charge on any atom is 0.261 e. The van der Waals surface area contributed by atoms with E-state index in [0.29, 0.717) is 5.65 Å². The number of nitrogens with zero attached hydrogens (tertiary/aromatic N) is 2. The quantitative estimate of drug-likeness (QED) is 0.191. The monoisotopic (exact) mass is 536 g/mol. The van der Waals surface area contributed by atoms with Crippen molar-refractivity contribution >= 4 is 41.3 Å². The van der Waals surface area contributed by atoms with Gasteiger partial charge in [-0.2, -0.15) is 0 Å². The molecule has 2 aromatic heterocycles. The van der Waals surface area contributed by atoms with Gasteiger partial charge < -0.3 is 8.99 Å². The molecule has 0 unspecified atom stereocenters. The van der Waals surface area contributed by atoms with Crippen LogP contribution in [-0.4, -0.2) is 24.0 Å². The zero-order chi connectivity index (χ0) is 26.8. The SMILES string of the molecule is C[C@@H](CC[C@H](C)n1ccc(=O)c2cc(F)c(Cl)nc21)O[Si](c1ccccc1)(c1ccccc1)C(C)(C)C. The molecule has 0 fully saturated rings. The highest BCUT2D eigenvalue weighted by Gasteiger charge is 2.50. The summed E-state index contributed by atoms with van der Waals surface area (Å²) >= 11 is 5.96. The lowest BCUT2D eigenvalue weighted by Gasteiger charge is -2.44. The first kappa shape index (κ1) is 27.2. The Hall–Kier alpha value is -2.80. The Balaban J connectivity index is 1.63. The van der Waals surface area contributed by atoms with Crippen molar-refractivity contribution in [3.63, 3.8) is 0 Å². The van der Waals surface area contributed by atoms with E-state index in [0.717, 1.165) is 12.8 Å². The first-order valence-corrected chi connectivity index (χ1v) is 15.0. The first-order chi connectivity index (χ1) is 17.5.